The Bertz CT molecular complexity index is 1350. The third-order valence-corrected chi connectivity index (χ3v) is 5.92. The molecule has 0 saturated heterocycles. The zero-order valence-electron chi connectivity index (χ0n) is 20.9. The van der Waals surface area contributed by atoms with Crippen molar-refractivity contribution in [1.82, 2.24) is 29.6 Å². The molecule has 36 heavy (non-hydrogen) atoms. The molecule has 0 bridgehead atoms. The van der Waals surface area contributed by atoms with Crippen molar-refractivity contribution in [3.05, 3.63) is 95.3 Å². The van der Waals surface area contributed by atoms with Gasteiger partial charge in [0.2, 0.25) is 0 Å². The van der Waals surface area contributed by atoms with Gasteiger partial charge in [-0.3, -0.25) is 9.67 Å². The number of carbonyl (C=O) groups is 1. The number of ether oxygens (including phenoxy) is 1. The number of benzene rings is 1. The largest absolute Gasteiger partial charge is 0.444 e. The number of aromatic nitrogens is 5. The highest BCUT2D eigenvalue weighted by molar-refractivity contribution is 5.69. The van der Waals surface area contributed by atoms with Crippen molar-refractivity contribution in [3.8, 4) is 11.4 Å². The molecule has 0 atom stereocenters. The average molecular weight is 483 g/mol. The molecule has 0 unspecified atom stereocenters. The second-order valence-corrected chi connectivity index (χ2v) is 9.99. The molecule has 0 fully saturated rings. The molecule has 1 aliphatic heterocycles. The molecule has 0 N–H and O–H groups in total. The topological polar surface area (TPSA) is 86.0 Å². The standard InChI is InChI=1S/C28H30N6O2/c1-28(2,3)36-27(35)33-14-11-22-24(19-33)30-25(16-20-8-5-4-6-9-20)31-26(22)23-12-15-34(32-23)18-21-10-7-13-29-17-21/h4-10,12-13,15,17H,11,14,16,18-19H2,1-3H3. The molecular weight excluding hydrogens is 452 g/mol. The van der Waals surface area contributed by atoms with E-state index in [1.54, 1.807) is 11.1 Å². The summed E-state index contributed by atoms with van der Waals surface area (Å²) >= 11 is 0. The van der Waals surface area contributed by atoms with Crippen molar-refractivity contribution in [2.45, 2.75) is 52.3 Å². The van der Waals surface area contributed by atoms with E-state index in [1.807, 2.05) is 74.2 Å². The van der Waals surface area contributed by atoms with Crippen LogP contribution in [0.1, 0.15) is 49.0 Å². The van der Waals surface area contributed by atoms with Gasteiger partial charge in [0.05, 0.1) is 24.5 Å². The van der Waals surface area contributed by atoms with Gasteiger partial charge in [-0.25, -0.2) is 14.8 Å². The molecule has 5 rings (SSSR count). The number of pyridine rings is 1. The molecule has 4 aromatic rings. The Hall–Kier alpha value is -4.07. The van der Waals surface area contributed by atoms with Gasteiger partial charge in [0.1, 0.15) is 17.1 Å². The first-order chi connectivity index (χ1) is 17.3. The summed E-state index contributed by atoms with van der Waals surface area (Å²) in [4.78, 5) is 28.5. The summed E-state index contributed by atoms with van der Waals surface area (Å²) in [5.41, 5.74) is 5.19. The second kappa shape index (κ2) is 9.89. The normalized spacial score (nSPS) is 13.4. The van der Waals surface area contributed by atoms with E-state index in [9.17, 15) is 4.79 Å². The monoisotopic (exact) mass is 482 g/mol. The van der Waals surface area contributed by atoms with Crippen molar-refractivity contribution < 1.29 is 9.53 Å². The van der Waals surface area contributed by atoms with E-state index >= 15 is 0 Å². The minimum atomic E-state index is -0.548. The van der Waals surface area contributed by atoms with Crippen LogP contribution in [0, 0.1) is 0 Å². The van der Waals surface area contributed by atoms with Crippen molar-refractivity contribution in [2.75, 3.05) is 6.54 Å². The minimum Gasteiger partial charge on any atom is -0.444 e. The van der Waals surface area contributed by atoms with E-state index in [2.05, 4.69) is 17.1 Å². The first kappa shape index (κ1) is 23.7. The molecular formula is C28H30N6O2. The van der Waals surface area contributed by atoms with Crippen LogP contribution < -0.4 is 0 Å². The summed E-state index contributed by atoms with van der Waals surface area (Å²) in [7, 11) is 0. The highest BCUT2D eigenvalue weighted by Crippen LogP contribution is 2.28. The summed E-state index contributed by atoms with van der Waals surface area (Å²) in [5, 5.41) is 4.83. The Balaban J connectivity index is 1.48. The van der Waals surface area contributed by atoms with E-state index in [-0.39, 0.29) is 6.09 Å². The van der Waals surface area contributed by atoms with E-state index in [1.165, 1.54) is 0 Å². The van der Waals surface area contributed by atoms with Gasteiger partial charge in [-0.15, -0.1) is 0 Å². The van der Waals surface area contributed by atoms with Crippen molar-refractivity contribution in [1.29, 1.82) is 0 Å². The number of carbonyl (C=O) groups excluding carboxylic acids is 1. The smallest absolute Gasteiger partial charge is 0.410 e. The highest BCUT2D eigenvalue weighted by atomic mass is 16.6. The lowest BCUT2D eigenvalue weighted by molar-refractivity contribution is 0.0220. The van der Waals surface area contributed by atoms with Gasteiger partial charge in [-0.1, -0.05) is 36.4 Å². The van der Waals surface area contributed by atoms with Crippen LogP contribution in [0.4, 0.5) is 4.79 Å². The van der Waals surface area contributed by atoms with Gasteiger partial charge in [0.15, 0.2) is 0 Å². The van der Waals surface area contributed by atoms with Crippen LogP contribution in [0.2, 0.25) is 0 Å². The molecule has 184 valence electrons. The molecule has 0 radical (unpaired) electrons. The fourth-order valence-electron chi connectivity index (χ4n) is 4.29. The van der Waals surface area contributed by atoms with Crippen molar-refractivity contribution in [3.63, 3.8) is 0 Å². The van der Waals surface area contributed by atoms with Crippen molar-refractivity contribution >= 4 is 6.09 Å². The van der Waals surface area contributed by atoms with Gasteiger partial charge in [0, 0.05) is 37.1 Å². The predicted octanol–water partition coefficient (Wildman–Crippen LogP) is 4.67. The lowest BCUT2D eigenvalue weighted by Gasteiger charge is -2.31. The summed E-state index contributed by atoms with van der Waals surface area (Å²) < 4.78 is 7.51. The van der Waals surface area contributed by atoms with Crippen LogP contribution in [-0.2, 0) is 30.7 Å². The van der Waals surface area contributed by atoms with E-state index in [0.29, 0.717) is 38.3 Å². The third-order valence-electron chi connectivity index (χ3n) is 5.92. The van der Waals surface area contributed by atoms with E-state index < -0.39 is 5.60 Å². The molecule has 8 heteroatoms. The first-order valence-corrected chi connectivity index (χ1v) is 12.2. The Kier molecular flexibility index (Phi) is 6.50. The Morgan fingerprint density at radius 1 is 1.03 bits per heavy atom. The maximum Gasteiger partial charge on any atom is 0.410 e. The molecule has 1 amide bonds. The number of hydrogen-bond donors (Lipinski definition) is 0. The highest BCUT2D eigenvalue weighted by Gasteiger charge is 2.29. The fraction of sp³-hybridized carbons (Fsp3) is 0.321. The first-order valence-electron chi connectivity index (χ1n) is 12.2. The zero-order chi connectivity index (χ0) is 25.1. The minimum absolute atomic E-state index is 0.321. The molecule has 0 saturated carbocycles. The van der Waals surface area contributed by atoms with E-state index in [0.717, 1.165) is 33.8 Å². The van der Waals surface area contributed by atoms with Crippen LogP contribution in [0.5, 0.6) is 0 Å². The molecule has 1 aliphatic rings. The Morgan fingerprint density at radius 3 is 2.58 bits per heavy atom. The van der Waals surface area contributed by atoms with Gasteiger partial charge >= 0.3 is 6.09 Å². The number of rotatable bonds is 5. The lowest BCUT2D eigenvalue weighted by Crippen LogP contribution is -2.40. The quantitative estimate of drug-likeness (QED) is 0.411. The van der Waals surface area contributed by atoms with E-state index in [4.69, 9.17) is 19.8 Å². The van der Waals surface area contributed by atoms with Gasteiger partial charge in [-0.05, 0) is 50.5 Å². The summed E-state index contributed by atoms with van der Waals surface area (Å²) in [6.07, 6.45) is 6.49. The van der Waals surface area contributed by atoms with Crippen LogP contribution in [-0.4, -0.2) is 47.9 Å². The number of fused-ring (bicyclic) bond motifs is 1. The maximum atomic E-state index is 12.8. The maximum absolute atomic E-state index is 12.8. The van der Waals surface area contributed by atoms with Gasteiger partial charge in [0.25, 0.3) is 0 Å². The van der Waals surface area contributed by atoms with Crippen LogP contribution in [0.3, 0.4) is 0 Å². The molecule has 3 aromatic heterocycles. The SMILES string of the molecule is CC(C)(C)OC(=O)N1CCc2c(nc(Cc3ccccc3)nc2-c2ccn(Cc3cccnc3)n2)C1. The second-order valence-electron chi connectivity index (χ2n) is 9.99. The van der Waals surface area contributed by atoms with Crippen LogP contribution >= 0.6 is 0 Å². The molecule has 1 aromatic carbocycles. The van der Waals surface area contributed by atoms with Crippen LogP contribution in [0.25, 0.3) is 11.4 Å². The number of nitrogens with zero attached hydrogens (tertiary/aromatic N) is 6. The fourth-order valence-corrected chi connectivity index (χ4v) is 4.29. The zero-order valence-corrected chi connectivity index (χ0v) is 20.9. The van der Waals surface area contributed by atoms with Crippen LogP contribution in [0.15, 0.2) is 67.1 Å². The number of amides is 1. The summed E-state index contributed by atoms with van der Waals surface area (Å²) in [6, 6.07) is 16.1. The van der Waals surface area contributed by atoms with Gasteiger partial charge in [-0.2, -0.15) is 5.10 Å². The molecule has 8 nitrogen and oxygen atoms in total. The average Bonchev–Trinajstić information content (AvgIpc) is 3.31. The third kappa shape index (κ3) is 5.59. The van der Waals surface area contributed by atoms with Crippen molar-refractivity contribution in [2.24, 2.45) is 0 Å². The lowest BCUT2D eigenvalue weighted by atomic mass is 10.0. The predicted molar refractivity (Wildman–Crippen MR) is 136 cm³/mol. The number of hydrogen-bond acceptors (Lipinski definition) is 6. The molecule has 0 aliphatic carbocycles. The molecule has 0 spiro atoms. The summed E-state index contributed by atoms with van der Waals surface area (Å²) in [5.74, 6) is 0.711. The Morgan fingerprint density at radius 2 is 1.83 bits per heavy atom. The van der Waals surface area contributed by atoms with Gasteiger partial charge < -0.3 is 9.64 Å². The summed E-state index contributed by atoms with van der Waals surface area (Å²) in [6.45, 7) is 7.20. The Labute approximate surface area is 211 Å². The molecule has 4 heterocycles.